The Labute approximate surface area is 117 Å². The Morgan fingerprint density at radius 2 is 1.60 bits per heavy atom. The summed E-state index contributed by atoms with van der Waals surface area (Å²) >= 11 is 0. The van der Waals surface area contributed by atoms with Crippen LogP contribution >= 0.6 is 0 Å². The summed E-state index contributed by atoms with van der Waals surface area (Å²) in [6.45, 7) is 1.43. The van der Waals surface area contributed by atoms with E-state index in [-0.39, 0.29) is 11.5 Å². The van der Waals surface area contributed by atoms with Gasteiger partial charge in [0.05, 0.1) is 11.1 Å². The van der Waals surface area contributed by atoms with Crippen LogP contribution in [0.1, 0.15) is 17.3 Å². The summed E-state index contributed by atoms with van der Waals surface area (Å²) in [5.74, 6) is -0.0619. The third-order valence-corrected chi connectivity index (χ3v) is 2.80. The zero-order valence-electron chi connectivity index (χ0n) is 11.2. The Bertz CT molecular complexity index is 657. The molecule has 0 bridgehead atoms. The van der Waals surface area contributed by atoms with Crippen molar-refractivity contribution in [3.63, 3.8) is 0 Å². The maximum atomic E-state index is 10.7. The summed E-state index contributed by atoms with van der Waals surface area (Å²) in [7, 11) is 0. The number of hydrogen-bond donors (Lipinski definition) is 1. The number of nitrogens with zero attached hydrogens (tertiary/aromatic N) is 1. The van der Waals surface area contributed by atoms with Crippen LogP contribution in [-0.2, 0) is 0 Å². The molecular weight excluding hydrogens is 250 g/mol. The monoisotopic (exact) mass is 265 g/mol. The van der Waals surface area contributed by atoms with Gasteiger partial charge in [0.25, 0.3) is 0 Å². The van der Waals surface area contributed by atoms with Crippen molar-refractivity contribution < 1.29 is 9.90 Å². The number of aromatic hydroxyl groups is 1. The molecule has 0 unspecified atom stereocenters. The molecule has 0 amide bonds. The van der Waals surface area contributed by atoms with Crippen LogP contribution in [0.25, 0.3) is 10.9 Å². The van der Waals surface area contributed by atoms with E-state index in [1.165, 1.54) is 18.4 Å². The van der Waals surface area contributed by atoms with Gasteiger partial charge in [-0.15, -0.1) is 0 Å². The highest BCUT2D eigenvalue weighted by Crippen LogP contribution is 2.15. The van der Waals surface area contributed by atoms with Gasteiger partial charge < -0.3 is 5.11 Å². The third-order valence-electron chi connectivity index (χ3n) is 2.80. The number of Topliss-reactive ketones (excluding diaryl/α,β-unsaturated/α-hetero) is 1. The van der Waals surface area contributed by atoms with E-state index in [1.54, 1.807) is 18.2 Å². The third kappa shape index (κ3) is 3.42. The lowest BCUT2D eigenvalue weighted by molar-refractivity contribution is 0.101. The first kappa shape index (κ1) is 13.7. The molecule has 100 valence electrons. The second-order valence-electron chi connectivity index (χ2n) is 4.27. The van der Waals surface area contributed by atoms with Gasteiger partial charge in [-0.05, 0) is 31.2 Å². The number of pyridine rings is 1. The molecule has 3 heteroatoms. The molecule has 3 aromatic rings. The molecular formula is C17H15NO2. The lowest BCUT2D eigenvalue weighted by Crippen LogP contribution is -1.90. The molecule has 0 fully saturated rings. The maximum absolute atomic E-state index is 10.7. The summed E-state index contributed by atoms with van der Waals surface area (Å²) in [4.78, 5) is 14.9. The van der Waals surface area contributed by atoms with Gasteiger partial charge in [-0.3, -0.25) is 9.78 Å². The molecule has 3 rings (SSSR count). The first-order valence-electron chi connectivity index (χ1n) is 6.27. The zero-order valence-corrected chi connectivity index (χ0v) is 11.2. The highest BCUT2D eigenvalue weighted by Gasteiger charge is 2.02. The molecule has 1 heterocycles. The number of fused-ring (bicyclic) bond motifs is 1. The summed E-state index contributed by atoms with van der Waals surface area (Å²) in [5.41, 5.74) is 1.44. The van der Waals surface area contributed by atoms with Crippen LogP contribution in [0.3, 0.4) is 0 Å². The minimum atomic E-state index is -0.113. The summed E-state index contributed by atoms with van der Waals surface area (Å²) < 4.78 is 0. The average molecular weight is 265 g/mol. The largest absolute Gasteiger partial charge is 0.507 e. The van der Waals surface area contributed by atoms with Crippen LogP contribution in [0, 0.1) is 0 Å². The van der Waals surface area contributed by atoms with Gasteiger partial charge in [-0.25, -0.2) is 0 Å². The Hall–Kier alpha value is -2.68. The maximum Gasteiger partial charge on any atom is 0.163 e. The van der Waals surface area contributed by atoms with Gasteiger partial charge in [0.15, 0.2) is 5.78 Å². The number of benzene rings is 2. The van der Waals surface area contributed by atoms with E-state index in [4.69, 9.17) is 5.11 Å². The van der Waals surface area contributed by atoms with Crippen molar-refractivity contribution in [2.75, 3.05) is 0 Å². The number of para-hydroxylation sites is 2. The molecule has 0 spiro atoms. The molecule has 0 aliphatic heterocycles. The van der Waals surface area contributed by atoms with Crippen molar-refractivity contribution in [3.8, 4) is 5.75 Å². The van der Waals surface area contributed by atoms with E-state index < -0.39 is 0 Å². The van der Waals surface area contributed by atoms with Crippen molar-refractivity contribution in [1.29, 1.82) is 0 Å². The number of rotatable bonds is 1. The fourth-order valence-corrected chi connectivity index (χ4v) is 1.79. The Morgan fingerprint density at radius 1 is 0.950 bits per heavy atom. The van der Waals surface area contributed by atoms with E-state index in [2.05, 4.69) is 17.1 Å². The number of hydrogen-bond acceptors (Lipinski definition) is 3. The van der Waals surface area contributed by atoms with Crippen LogP contribution in [0.15, 0.2) is 66.9 Å². The highest BCUT2D eigenvalue weighted by molar-refractivity contribution is 5.96. The molecule has 1 N–H and O–H groups in total. The minimum Gasteiger partial charge on any atom is -0.507 e. The first-order valence-corrected chi connectivity index (χ1v) is 6.27. The second-order valence-corrected chi connectivity index (χ2v) is 4.27. The fraction of sp³-hybridized carbons (Fsp3) is 0.0588. The molecule has 0 saturated heterocycles. The average Bonchev–Trinajstić information content (AvgIpc) is 2.48. The lowest BCUT2D eigenvalue weighted by Gasteiger charge is -1.96. The number of ketones is 1. The van der Waals surface area contributed by atoms with E-state index in [1.807, 2.05) is 30.5 Å². The highest BCUT2D eigenvalue weighted by atomic mass is 16.3. The molecule has 0 atom stereocenters. The van der Waals surface area contributed by atoms with E-state index in [9.17, 15) is 4.79 Å². The van der Waals surface area contributed by atoms with Gasteiger partial charge in [0.1, 0.15) is 5.75 Å². The number of carbonyl (C=O) groups is 1. The fourth-order valence-electron chi connectivity index (χ4n) is 1.79. The van der Waals surface area contributed by atoms with Crippen LogP contribution < -0.4 is 0 Å². The predicted octanol–water partition coefficient (Wildman–Crippen LogP) is 3.83. The lowest BCUT2D eigenvalue weighted by atomic mass is 10.1. The molecule has 3 nitrogen and oxygen atoms in total. The van der Waals surface area contributed by atoms with E-state index in [0.717, 1.165) is 5.52 Å². The summed E-state index contributed by atoms with van der Waals surface area (Å²) in [5, 5.41) is 10.3. The SMILES string of the molecule is CC(=O)c1ccccc1O.c1ccc2ncccc2c1. The summed E-state index contributed by atoms with van der Waals surface area (Å²) in [6, 6.07) is 18.6. The number of carbonyl (C=O) groups excluding carboxylic acids is 1. The minimum absolute atomic E-state index is 0.0509. The second kappa shape index (κ2) is 6.48. The van der Waals surface area contributed by atoms with Crippen molar-refractivity contribution in [2.24, 2.45) is 0 Å². The van der Waals surface area contributed by atoms with Crippen molar-refractivity contribution >= 4 is 16.7 Å². The van der Waals surface area contributed by atoms with E-state index in [0.29, 0.717) is 5.56 Å². The van der Waals surface area contributed by atoms with Gasteiger partial charge >= 0.3 is 0 Å². The topological polar surface area (TPSA) is 50.2 Å². The Kier molecular flexibility index (Phi) is 4.45. The molecule has 0 saturated carbocycles. The molecule has 0 aliphatic carbocycles. The van der Waals surface area contributed by atoms with Gasteiger partial charge in [-0.1, -0.05) is 36.4 Å². The Morgan fingerprint density at radius 3 is 2.25 bits per heavy atom. The van der Waals surface area contributed by atoms with Gasteiger partial charge in [-0.2, -0.15) is 0 Å². The number of phenols is 1. The quantitative estimate of drug-likeness (QED) is 0.680. The Balaban J connectivity index is 0.000000147. The molecule has 0 aliphatic rings. The molecule has 0 radical (unpaired) electrons. The molecule has 1 aromatic heterocycles. The van der Waals surface area contributed by atoms with Gasteiger partial charge in [0.2, 0.25) is 0 Å². The number of phenolic OH excluding ortho intramolecular Hbond substituents is 1. The smallest absolute Gasteiger partial charge is 0.163 e. The standard InChI is InChI=1S/C9H7N.C8H8O2/c1-2-6-9-8(4-1)5-3-7-10-9;1-6(9)7-4-2-3-5-8(7)10/h1-7H;2-5,10H,1H3. The first-order chi connectivity index (χ1) is 9.68. The van der Waals surface area contributed by atoms with Crippen LogP contribution in [0.4, 0.5) is 0 Å². The van der Waals surface area contributed by atoms with Crippen LogP contribution in [0.2, 0.25) is 0 Å². The predicted molar refractivity (Wildman–Crippen MR) is 79.9 cm³/mol. The zero-order chi connectivity index (χ0) is 14.4. The van der Waals surface area contributed by atoms with Crippen molar-refractivity contribution in [3.05, 3.63) is 72.4 Å². The van der Waals surface area contributed by atoms with Gasteiger partial charge in [0, 0.05) is 11.6 Å². The van der Waals surface area contributed by atoms with Crippen LogP contribution in [0.5, 0.6) is 5.75 Å². The summed E-state index contributed by atoms with van der Waals surface area (Å²) in [6.07, 6.45) is 1.81. The normalized spacial score (nSPS) is 9.65. The van der Waals surface area contributed by atoms with Crippen molar-refractivity contribution in [2.45, 2.75) is 6.92 Å². The van der Waals surface area contributed by atoms with E-state index >= 15 is 0 Å². The number of aromatic nitrogens is 1. The van der Waals surface area contributed by atoms with Crippen LogP contribution in [-0.4, -0.2) is 15.9 Å². The van der Waals surface area contributed by atoms with Crippen molar-refractivity contribution in [1.82, 2.24) is 4.98 Å². The molecule has 20 heavy (non-hydrogen) atoms. The molecule has 2 aromatic carbocycles.